The van der Waals surface area contributed by atoms with E-state index in [2.05, 4.69) is 6.92 Å². The van der Waals surface area contributed by atoms with Crippen molar-refractivity contribution in [2.45, 2.75) is 63.9 Å². The van der Waals surface area contributed by atoms with Crippen molar-refractivity contribution in [1.82, 2.24) is 0 Å². The molecule has 2 fully saturated rings. The first kappa shape index (κ1) is 17.7. The SMILES string of the molecule is COCO[C@H]1C[C@@H](C[C@H](O)[C@@H]2C[C@H]2C)O[C@@H](CC(=O)O)[C@@H]1C. The maximum Gasteiger partial charge on any atom is 0.305 e. The fraction of sp³-hybridized carbons (Fsp3) is 0.938. The molecular weight excluding hydrogens is 288 g/mol. The average molecular weight is 316 g/mol. The molecule has 0 aromatic rings. The summed E-state index contributed by atoms with van der Waals surface area (Å²) in [6, 6.07) is 0. The lowest BCUT2D eigenvalue weighted by Gasteiger charge is -2.40. The molecule has 6 nitrogen and oxygen atoms in total. The lowest BCUT2D eigenvalue weighted by atomic mass is 9.86. The van der Waals surface area contributed by atoms with Gasteiger partial charge in [-0.1, -0.05) is 13.8 Å². The van der Waals surface area contributed by atoms with Crippen LogP contribution >= 0.6 is 0 Å². The highest BCUT2D eigenvalue weighted by Crippen LogP contribution is 2.43. The number of hydrogen-bond acceptors (Lipinski definition) is 5. The molecule has 0 aromatic heterocycles. The fourth-order valence-electron chi connectivity index (χ4n) is 3.40. The highest BCUT2D eigenvalue weighted by atomic mass is 16.7. The molecule has 6 heteroatoms. The number of methoxy groups -OCH3 is 1. The molecule has 2 aliphatic rings. The van der Waals surface area contributed by atoms with Gasteiger partial charge in [0.25, 0.3) is 0 Å². The van der Waals surface area contributed by atoms with Crippen molar-refractivity contribution in [3.63, 3.8) is 0 Å². The zero-order chi connectivity index (χ0) is 16.3. The first-order chi connectivity index (χ1) is 10.4. The largest absolute Gasteiger partial charge is 0.481 e. The van der Waals surface area contributed by atoms with E-state index in [9.17, 15) is 9.90 Å². The Bertz CT molecular complexity index is 374. The van der Waals surface area contributed by atoms with Crippen molar-refractivity contribution >= 4 is 5.97 Å². The van der Waals surface area contributed by atoms with Gasteiger partial charge in [-0.05, 0) is 24.7 Å². The number of aliphatic carboxylic acids is 1. The molecule has 1 aliphatic heterocycles. The molecule has 7 atom stereocenters. The Kier molecular flexibility index (Phi) is 6.20. The first-order valence-electron chi connectivity index (χ1n) is 8.08. The maximum atomic E-state index is 11.0. The maximum absolute atomic E-state index is 11.0. The Hall–Kier alpha value is -0.690. The Balaban J connectivity index is 1.94. The number of carboxylic acids is 1. The number of hydrogen-bond donors (Lipinski definition) is 2. The zero-order valence-electron chi connectivity index (χ0n) is 13.6. The number of carbonyl (C=O) groups is 1. The van der Waals surface area contributed by atoms with Gasteiger partial charge in [0.15, 0.2) is 0 Å². The van der Waals surface area contributed by atoms with Crippen LogP contribution < -0.4 is 0 Å². The number of carboxylic acid groups (broad SMARTS) is 1. The second kappa shape index (κ2) is 7.73. The van der Waals surface area contributed by atoms with E-state index < -0.39 is 5.97 Å². The highest BCUT2D eigenvalue weighted by molar-refractivity contribution is 5.67. The van der Waals surface area contributed by atoms with Gasteiger partial charge in [0.2, 0.25) is 0 Å². The predicted octanol–water partition coefficient (Wildman–Crippen LogP) is 1.65. The van der Waals surface area contributed by atoms with Crippen molar-refractivity contribution in [3.8, 4) is 0 Å². The summed E-state index contributed by atoms with van der Waals surface area (Å²) in [6.07, 6.45) is 1.21. The van der Waals surface area contributed by atoms with E-state index in [4.69, 9.17) is 19.3 Å². The normalized spacial score (nSPS) is 39.5. The van der Waals surface area contributed by atoms with E-state index in [1.165, 1.54) is 0 Å². The van der Waals surface area contributed by atoms with Gasteiger partial charge in [0.05, 0.1) is 30.8 Å². The van der Waals surface area contributed by atoms with Gasteiger partial charge < -0.3 is 24.4 Å². The summed E-state index contributed by atoms with van der Waals surface area (Å²) in [4.78, 5) is 11.0. The minimum atomic E-state index is -0.876. The van der Waals surface area contributed by atoms with Gasteiger partial charge in [0, 0.05) is 19.4 Å². The molecule has 2 rings (SSSR count). The summed E-state index contributed by atoms with van der Waals surface area (Å²) < 4.78 is 16.6. The van der Waals surface area contributed by atoms with Crippen LogP contribution in [0.5, 0.6) is 0 Å². The van der Waals surface area contributed by atoms with Crippen LogP contribution in [0.3, 0.4) is 0 Å². The van der Waals surface area contributed by atoms with Crippen LogP contribution in [0.4, 0.5) is 0 Å². The molecular formula is C16H28O6. The predicted molar refractivity (Wildman–Crippen MR) is 79.3 cm³/mol. The van der Waals surface area contributed by atoms with E-state index in [0.717, 1.165) is 6.42 Å². The van der Waals surface area contributed by atoms with Crippen LogP contribution in [0.2, 0.25) is 0 Å². The number of aliphatic hydroxyl groups is 1. The van der Waals surface area contributed by atoms with Gasteiger partial charge in [-0.15, -0.1) is 0 Å². The third kappa shape index (κ3) is 4.65. The molecule has 128 valence electrons. The van der Waals surface area contributed by atoms with Crippen LogP contribution in [0.1, 0.15) is 39.5 Å². The monoisotopic (exact) mass is 316 g/mol. The van der Waals surface area contributed by atoms with E-state index in [-0.39, 0.29) is 43.5 Å². The van der Waals surface area contributed by atoms with E-state index in [0.29, 0.717) is 24.7 Å². The van der Waals surface area contributed by atoms with Crippen LogP contribution in [-0.2, 0) is 19.0 Å². The van der Waals surface area contributed by atoms with Gasteiger partial charge in [-0.25, -0.2) is 0 Å². The lowest BCUT2D eigenvalue weighted by Crippen LogP contribution is -2.46. The molecule has 1 heterocycles. The van der Waals surface area contributed by atoms with Gasteiger partial charge in [0.1, 0.15) is 6.79 Å². The summed E-state index contributed by atoms with van der Waals surface area (Å²) in [5.74, 6) is 0.0472. The molecule has 0 spiro atoms. The van der Waals surface area contributed by atoms with Crippen LogP contribution in [0.15, 0.2) is 0 Å². The van der Waals surface area contributed by atoms with Gasteiger partial charge in [-0.3, -0.25) is 4.79 Å². The molecule has 0 radical (unpaired) electrons. The van der Waals surface area contributed by atoms with Crippen LogP contribution in [0.25, 0.3) is 0 Å². The molecule has 22 heavy (non-hydrogen) atoms. The standard InChI is InChI=1S/C16H28O6/c1-9-4-12(9)13(17)5-11-6-14(21-8-20-3)10(2)15(22-11)7-16(18)19/h9-15,17H,4-8H2,1-3H3,(H,18,19)/t9-,10-,11-,12-,13+,14+,15+/m1/s1. The van der Waals surface area contributed by atoms with Crippen molar-refractivity contribution in [2.24, 2.45) is 17.8 Å². The molecule has 1 aliphatic carbocycles. The Labute approximate surface area is 131 Å². The molecule has 0 bridgehead atoms. The topological polar surface area (TPSA) is 85.2 Å². The number of ether oxygens (including phenoxy) is 3. The third-order valence-electron chi connectivity index (χ3n) is 4.98. The van der Waals surface area contributed by atoms with Crippen molar-refractivity contribution < 1.29 is 29.2 Å². The number of rotatable bonds is 8. The quantitative estimate of drug-likeness (QED) is 0.662. The van der Waals surface area contributed by atoms with E-state index in [1.807, 2.05) is 6.92 Å². The number of aliphatic hydroxyl groups excluding tert-OH is 1. The van der Waals surface area contributed by atoms with E-state index in [1.54, 1.807) is 7.11 Å². The zero-order valence-corrected chi connectivity index (χ0v) is 13.6. The smallest absolute Gasteiger partial charge is 0.305 e. The summed E-state index contributed by atoms with van der Waals surface area (Å²) in [6.45, 7) is 4.27. The van der Waals surface area contributed by atoms with Crippen molar-refractivity contribution in [3.05, 3.63) is 0 Å². The molecule has 1 saturated heterocycles. The van der Waals surface area contributed by atoms with Crippen molar-refractivity contribution in [1.29, 1.82) is 0 Å². The average Bonchev–Trinajstić information content (AvgIpc) is 3.17. The summed E-state index contributed by atoms with van der Waals surface area (Å²) >= 11 is 0. The minimum Gasteiger partial charge on any atom is -0.481 e. The molecule has 0 amide bonds. The third-order valence-corrected chi connectivity index (χ3v) is 4.98. The van der Waals surface area contributed by atoms with E-state index >= 15 is 0 Å². The fourth-order valence-corrected chi connectivity index (χ4v) is 3.40. The summed E-state index contributed by atoms with van der Waals surface area (Å²) in [7, 11) is 1.56. The molecule has 0 aromatic carbocycles. The Morgan fingerprint density at radius 1 is 1.36 bits per heavy atom. The Morgan fingerprint density at radius 3 is 2.59 bits per heavy atom. The summed E-state index contributed by atoms with van der Waals surface area (Å²) in [5, 5.41) is 19.3. The minimum absolute atomic E-state index is 0.0144. The first-order valence-corrected chi connectivity index (χ1v) is 8.08. The second-order valence-electron chi connectivity index (χ2n) is 6.78. The Morgan fingerprint density at radius 2 is 2.05 bits per heavy atom. The molecule has 1 saturated carbocycles. The van der Waals surface area contributed by atoms with Gasteiger partial charge >= 0.3 is 5.97 Å². The van der Waals surface area contributed by atoms with Crippen LogP contribution in [0, 0.1) is 17.8 Å². The van der Waals surface area contributed by atoms with Crippen LogP contribution in [-0.4, -0.2) is 54.5 Å². The molecule has 2 N–H and O–H groups in total. The van der Waals surface area contributed by atoms with Gasteiger partial charge in [-0.2, -0.15) is 0 Å². The molecule has 0 unspecified atom stereocenters. The lowest BCUT2D eigenvalue weighted by molar-refractivity contribution is -0.187. The highest BCUT2D eigenvalue weighted by Gasteiger charge is 2.43. The van der Waals surface area contributed by atoms with Crippen molar-refractivity contribution in [2.75, 3.05) is 13.9 Å². The second-order valence-corrected chi connectivity index (χ2v) is 6.78. The summed E-state index contributed by atoms with van der Waals surface area (Å²) in [5.41, 5.74) is 0.